The summed E-state index contributed by atoms with van der Waals surface area (Å²) in [4.78, 5) is 51.2. The molecule has 2 aliphatic rings. The van der Waals surface area contributed by atoms with Crippen LogP contribution in [0, 0.1) is 5.92 Å². The van der Waals surface area contributed by atoms with Crippen LogP contribution in [0.4, 0.5) is 10.5 Å². The van der Waals surface area contributed by atoms with Crippen molar-refractivity contribution in [2.45, 2.75) is 26.1 Å². The van der Waals surface area contributed by atoms with Crippen LogP contribution in [-0.2, 0) is 19.1 Å². The molecule has 2 aromatic rings. The van der Waals surface area contributed by atoms with Gasteiger partial charge in [0.15, 0.2) is 28.8 Å². The first-order valence-corrected chi connectivity index (χ1v) is 14.0. The molecule has 4 rings (SSSR count). The maximum atomic E-state index is 13.0. The number of esters is 1. The standard InChI is InChI=1S/C28H29ClN6O8S/c1-4-42-20-11-15(23-22(26(39)41-3)14(2)31-27(40)32-23)5-10-19(20)43-13-21(36)34-30-12-18-24(37)33-28(44)35(25(18)38)17-8-6-16(29)7-9-17/h5-12,18,21,23,34,36H,4,13H2,1-3H3,(H2,31,32,40)(H,33,37,44)/b30-12-/t18-,21-,23-/m0/s1. The van der Waals surface area contributed by atoms with Crippen molar-refractivity contribution in [3.63, 3.8) is 0 Å². The lowest BCUT2D eigenvalue weighted by molar-refractivity contribution is -0.136. The molecule has 3 atom stereocenters. The number of aliphatic hydroxyl groups is 1. The fraction of sp³-hybridized carbons (Fsp3) is 0.286. The van der Waals surface area contributed by atoms with Crippen LogP contribution in [0.3, 0.4) is 0 Å². The number of ether oxygens (including phenoxy) is 3. The quantitative estimate of drug-likeness (QED) is 0.0605. The number of aliphatic hydroxyl groups excluding tert-OH is 1. The van der Waals surface area contributed by atoms with Gasteiger partial charge in [0.1, 0.15) is 6.61 Å². The van der Waals surface area contributed by atoms with Gasteiger partial charge in [-0.1, -0.05) is 17.7 Å². The Balaban J connectivity index is 1.41. The molecular weight excluding hydrogens is 616 g/mol. The monoisotopic (exact) mass is 644 g/mol. The highest BCUT2D eigenvalue weighted by molar-refractivity contribution is 7.80. The molecule has 0 saturated carbocycles. The highest BCUT2D eigenvalue weighted by Crippen LogP contribution is 2.35. The minimum atomic E-state index is -1.35. The number of hydrogen-bond donors (Lipinski definition) is 5. The van der Waals surface area contributed by atoms with E-state index in [1.165, 1.54) is 7.11 Å². The molecule has 4 amide bonds. The van der Waals surface area contributed by atoms with Crippen molar-refractivity contribution in [3.8, 4) is 11.5 Å². The Kier molecular flexibility index (Phi) is 10.4. The Morgan fingerprint density at radius 1 is 1.16 bits per heavy atom. The van der Waals surface area contributed by atoms with Crippen LogP contribution in [0.25, 0.3) is 0 Å². The smallest absolute Gasteiger partial charge is 0.337 e. The average molecular weight is 645 g/mol. The summed E-state index contributed by atoms with van der Waals surface area (Å²) in [5.74, 6) is -2.69. The number of nitrogens with zero attached hydrogens (tertiary/aromatic N) is 2. The topological polar surface area (TPSA) is 180 Å². The average Bonchev–Trinajstić information content (AvgIpc) is 2.98. The molecule has 0 unspecified atom stereocenters. The molecule has 0 bridgehead atoms. The van der Waals surface area contributed by atoms with Gasteiger partial charge in [-0.05, 0) is 68.0 Å². The molecule has 14 nitrogen and oxygen atoms in total. The Hall–Kier alpha value is -4.73. The Labute approximate surface area is 262 Å². The Bertz CT molecular complexity index is 1530. The summed E-state index contributed by atoms with van der Waals surface area (Å²) in [7, 11) is 1.25. The van der Waals surface area contributed by atoms with Crippen LogP contribution in [0.1, 0.15) is 25.5 Å². The second-order valence-corrected chi connectivity index (χ2v) is 10.2. The fourth-order valence-corrected chi connectivity index (χ4v) is 4.80. The summed E-state index contributed by atoms with van der Waals surface area (Å²) in [6.45, 7) is 3.33. The van der Waals surface area contributed by atoms with Gasteiger partial charge in [0.2, 0.25) is 5.91 Å². The van der Waals surface area contributed by atoms with E-state index < -0.39 is 42.0 Å². The maximum absolute atomic E-state index is 13.0. The zero-order chi connectivity index (χ0) is 32.0. The number of hydrazone groups is 1. The van der Waals surface area contributed by atoms with Gasteiger partial charge in [-0.15, -0.1) is 0 Å². The summed E-state index contributed by atoms with van der Waals surface area (Å²) in [5, 5.41) is 22.4. The van der Waals surface area contributed by atoms with Crippen molar-refractivity contribution in [3.05, 3.63) is 64.3 Å². The molecule has 16 heteroatoms. The molecule has 0 spiro atoms. The second kappa shape index (κ2) is 14.2. The molecule has 44 heavy (non-hydrogen) atoms. The van der Waals surface area contributed by atoms with Crippen LogP contribution in [-0.4, -0.2) is 66.8 Å². The third-order valence-electron chi connectivity index (χ3n) is 6.41. The number of methoxy groups -OCH3 is 1. The SMILES string of the molecule is CCOc1cc([C@@H]2NC(=O)NC(C)=C2C(=O)OC)ccc1OC[C@H](O)N/N=C\[C@H]1C(=O)NC(=S)N(c2ccc(Cl)cc2)C1=O. The highest BCUT2D eigenvalue weighted by Gasteiger charge is 2.38. The van der Waals surface area contributed by atoms with E-state index in [2.05, 4.69) is 26.5 Å². The van der Waals surface area contributed by atoms with Gasteiger partial charge < -0.3 is 35.3 Å². The van der Waals surface area contributed by atoms with Gasteiger partial charge in [0.05, 0.1) is 31.0 Å². The lowest BCUT2D eigenvalue weighted by Gasteiger charge is -2.30. The number of rotatable bonds is 11. The lowest BCUT2D eigenvalue weighted by atomic mass is 9.95. The zero-order valence-corrected chi connectivity index (χ0v) is 25.3. The van der Waals surface area contributed by atoms with Crippen molar-refractivity contribution < 1.29 is 38.5 Å². The summed E-state index contributed by atoms with van der Waals surface area (Å²) in [6.07, 6.45) is -0.302. The van der Waals surface area contributed by atoms with Crippen molar-refractivity contribution in [1.82, 2.24) is 21.4 Å². The predicted octanol–water partition coefficient (Wildman–Crippen LogP) is 1.88. The third kappa shape index (κ3) is 7.24. The molecule has 0 aromatic heterocycles. The minimum Gasteiger partial charge on any atom is -0.490 e. The Morgan fingerprint density at radius 3 is 2.57 bits per heavy atom. The molecule has 2 heterocycles. The van der Waals surface area contributed by atoms with E-state index in [0.717, 1.165) is 11.1 Å². The van der Waals surface area contributed by atoms with Crippen molar-refractivity contribution in [2.24, 2.45) is 11.0 Å². The van der Waals surface area contributed by atoms with Crippen LogP contribution < -0.4 is 35.7 Å². The van der Waals surface area contributed by atoms with Gasteiger partial charge in [-0.2, -0.15) is 5.10 Å². The molecule has 2 aliphatic heterocycles. The Morgan fingerprint density at radius 2 is 1.89 bits per heavy atom. The predicted molar refractivity (Wildman–Crippen MR) is 163 cm³/mol. The van der Waals surface area contributed by atoms with Crippen LogP contribution in [0.2, 0.25) is 5.02 Å². The van der Waals surface area contributed by atoms with Crippen molar-refractivity contribution in [1.29, 1.82) is 0 Å². The van der Waals surface area contributed by atoms with Crippen LogP contribution >= 0.6 is 23.8 Å². The van der Waals surface area contributed by atoms with Crippen LogP contribution in [0.15, 0.2) is 58.8 Å². The van der Waals surface area contributed by atoms with E-state index in [-0.39, 0.29) is 35.4 Å². The van der Waals surface area contributed by atoms with Crippen LogP contribution in [0.5, 0.6) is 11.5 Å². The van der Waals surface area contributed by atoms with E-state index >= 15 is 0 Å². The van der Waals surface area contributed by atoms with E-state index in [1.807, 2.05) is 0 Å². The number of allylic oxidation sites excluding steroid dienone is 1. The van der Waals surface area contributed by atoms with Gasteiger partial charge in [0, 0.05) is 16.9 Å². The highest BCUT2D eigenvalue weighted by atomic mass is 35.5. The first kappa shape index (κ1) is 32.2. The fourth-order valence-electron chi connectivity index (χ4n) is 4.38. The number of thiocarbonyl (C=S) groups is 1. The number of nitrogens with one attached hydrogen (secondary N) is 4. The number of benzene rings is 2. The first-order valence-electron chi connectivity index (χ1n) is 13.2. The number of amides is 4. The summed E-state index contributed by atoms with van der Waals surface area (Å²) >= 11 is 11.1. The number of carbonyl (C=O) groups excluding carboxylic acids is 4. The number of halogens is 1. The third-order valence-corrected chi connectivity index (χ3v) is 6.94. The molecule has 2 aromatic carbocycles. The lowest BCUT2D eigenvalue weighted by Crippen LogP contribution is -2.58. The van der Waals surface area contributed by atoms with E-state index in [4.69, 9.17) is 38.0 Å². The zero-order valence-electron chi connectivity index (χ0n) is 23.8. The van der Waals surface area contributed by atoms with E-state index in [0.29, 0.717) is 22.0 Å². The number of anilines is 1. The summed E-state index contributed by atoms with van der Waals surface area (Å²) in [6, 6.07) is 9.83. The van der Waals surface area contributed by atoms with E-state index in [1.54, 1.807) is 56.3 Å². The number of carbonyl (C=O) groups is 4. The molecule has 5 N–H and O–H groups in total. The molecule has 0 aliphatic carbocycles. The largest absolute Gasteiger partial charge is 0.490 e. The molecular formula is C28H29ClN6O8S. The molecule has 1 fully saturated rings. The van der Waals surface area contributed by atoms with Gasteiger partial charge in [-0.25, -0.2) is 9.59 Å². The van der Waals surface area contributed by atoms with Crippen molar-refractivity contribution >= 4 is 64.6 Å². The normalized spacial score (nSPS) is 19.2. The van der Waals surface area contributed by atoms with Crippen molar-refractivity contribution in [2.75, 3.05) is 25.2 Å². The van der Waals surface area contributed by atoms with Gasteiger partial charge in [-0.3, -0.25) is 19.9 Å². The summed E-state index contributed by atoms with van der Waals surface area (Å²) < 4.78 is 16.3. The maximum Gasteiger partial charge on any atom is 0.337 e. The number of hydrogen-bond acceptors (Lipinski definition) is 11. The van der Waals surface area contributed by atoms with Gasteiger partial charge >= 0.3 is 12.0 Å². The molecule has 1 saturated heterocycles. The summed E-state index contributed by atoms with van der Waals surface area (Å²) in [5.41, 5.74) is 3.93. The molecule has 232 valence electrons. The van der Waals surface area contributed by atoms with E-state index in [9.17, 15) is 24.3 Å². The first-order chi connectivity index (χ1) is 21.0. The second-order valence-electron chi connectivity index (χ2n) is 9.36. The molecule has 0 radical (unpaired) electrons. The van der Waals surface area contributed by atoms with Gasteiger partial charge in [0.25, 0.3) is 5.91 Å². The minimum absolute atomic E-state index is 0.0836. The number of urea groups is 1.